The van der Waals surface area contributed by atoms with Crippen LogP contribution >= 0.6 is 0 Å². The number of carbonyl (C=O) groups is 1. The van der Waals surface area contributed by atoms with Crippen LogP contribution in [0.1, 0.15) is 36.4 Å². The molecule has 1 saturated carbocycles. The van der Waals surface area contributed by atoms with Crippen LogP contribution in [-0.2, 0) is 0 Å². The summed E-state index contributed by atoms with van der Waals surface area (Å²) in [5, 5.41) is 10.7. The Kier molecular flexibility index (Phi) is 3.85. The Morgan fingerprint density at radius 2 is 1.95 bits per heavy atom. The van der Waals surface area contributed by atoms with Crippen molar-refractivity contribution in [1.29, 1.82) is 0 Å². The summed E-state index contributed by atoms with van der Waals surface area (Å²) < 4.78 is 10.5. The van der Waals surface area contributed by atoms with Crippen LogP contribution in [0.3, 0.4) is 0 Å². The Labute approximate surface area is 122 Å². The topological polar surface area (TPSA) is 77.2 Å². The predicted molar refractivity (Wildman–Crippen MR) is 76.0 cm³/mol. The van der Waals surface area contributed by atoms with E-state index >= 15 is 0 Å². The minimum absolute atomic E-state index is 0.00715. The van der Waals surface area contributed by atoms with Gasteiger partial charge in [0.2, 0.25) is 5.89 Å². The molecule has 6 heteroatoms. The van der Waals surface area contributed by atoms with Gasteiger partial charge in [0, 0.05) is 11.6 Å². The van der Waals surface area contributed by atoms with Gasteiger partial charge in [0.05, 0.1) is 7.11 Å². The molecule has 0 unspecified atom stereocenters. The van der Waals surface area contributed by atoms with E-state index in [0.717, 1.165) is 37.0 Å². The first-order valence-corrected chi connectivity index (χ1v) is 7.05. The molecule has 21 heavy (non-hydrogen) atoms. The zero-order valence-corrected chi connectivity index (χ0v) is 11.8. The maximum Gasteiger partial charge on any atom is 0.309 e. The van der Waals surface area contributed by atoms with Crippen molar-refractivity contribution in [3.8, 4) is 17.2 Å². The number of aromatic nitrogens is 2. The van der Waals surface area contributed by atoms with E-state index in [0.29, 0.717) is 5.89 Å². The Morgan fingerprint density at radius 3 is 2.62 bits per heavy atom. The van der Waals surface area contributed by atoms with Gasteiger partial charge in [0.25, 0.3) is 0 Å². The molecular weight excluding hydrogens is 270 g/mol. The Hall–Kier alpha value is -2.37. The molecular formula is C15H17N3O3. The van der Waals surface area contributed by atoms with Crippen molar-refractivity contribution in [1.82, 2.24) is 15.5 Å². The van der Waals surface area contributed by atoms with Gasteiger partial charge >= 0.3 is 11.8 Å². The van der Waals surface area contributed by atoms with Gasteiger partial charge in [0.15, 0.2) is 0 Å². The van der Waals surface area contributed by atoms with Gasteiger partial charge < -0.3 is 14.5 Å². The van der Waals surface area contributed by atoms with E-state index in [1.807, 2.05) is 12.1 Å². The predicted octanol–water partition coefficient (Wildman–Crippen LogP) is 2.42. The number of hydrogen-bond acceptors (Lipinski definition) is 5. The SMILES string of the molecule is COc1ccc(-c2nnc(C(=O)NC3CCCC3)o2)cc1. The van der Waals surface area contributed by atoms with Gasteiger partial charge in [-0.3, -0.25) is 4.79 Å². The maximum atomic E-state index is 12.0. The minimum atomic E-state index is -0.297. The first-order valence-electron chi connectivity index (χ1n) is 7.05. The lowest BCUT2D eigenvalue weighted by Gasteiger charge is -2.08. The number of benzene rings is 1. The van der Waals surface area contributed by atoms with Crippen molar-refractivity contribution >= 4 is 5.91 Å². The summed E-state index contributed by atoms with van der Waals surface area (Å²) in [6, 6.07) is 7.46. The summed E-state index contributed by atoms with van der Waals surface area (Å²) in [4.78, 5) is 12.0. The van der Waals surface area contributed by atoms with E-state index in [-0.39, 0.29) is 17.8 Å². The van der Waals surface area contributed by atoms with Crippen LogP contribution in [0, 0.1) is 0 Å². The zero-order valence-electron chi connectivity index (χ0n) is 11.8. The molecule has 0 bridgehead atoms. The van der Waals surface area contributed by atoms with Crippen LogP contribution in [0.5, 0.6) is 5.75 Å². The molecule has 1 aliphatic carbocycles. The second kappa shape index (κ2) is 5.95. The van der Waals surface area contributed by atoms with Crippen molar-refractivity contribution in [3.63, 3.8) is 0 Å². The van der Waals surface area contributed by atoms with E-state index in [9.17, 15) is 4.79 Å². The minimum Gasteiger partial charge on any atom is -0.497 e. The van der Waals surface area contributed by atoms with E-state index in [1.165, 1.54) is 0 Å². The Bertz CT molecular complexity index is 615. The average Bonchev–Trinajstić information content (AvgIpc) is 3.18. The third kappa shape index (κ3) is 3.04. The van der Waals surface area contributed by atoms with Crippen LogP contribution in [-0.4, -0.2) is 29.3 Å². The highest BCUT2D eigenvalue weighted by Crippen LogP contribution is 2.22. The quantitative estimate of drug-likeness (QED) is 0.934. The molecule has 0 aliphatic heterocycles. The molecule has 110 valence electrons. The summed E-state index contributed by atoms with van der Waals surface area (Å²) in [6.45, 7) is 0. The molecule has 1 heterocycles. The van der Waals surface area contributed by atoms with Gasteiger partial charge in [0.1, 0.15) is 5.75 Å². The van der Waals surface area contributed by atoms with Crippen LogP contribution in [0.4, 0.5) is 0 Å². The molecule has 0 spiro atoms. The van der Waals surface area contributed by atoms with Crippen LogP contribution in [0.25, 0.3) is 11.5 Å². The summed E-state index contributed by atoms with van der Waals surface area (Å²) in [6.07, 6.45) is 4.36. The summed E-state index contributed by atoms with van der Waals surface area (Å²) in [5.74, 6) is 0.786. The van der Waals surface area contributed by atoms with Gasteiger partial charge in [-0.15, -0.1) is 10.2 Å². The van der Waals surface area contributed by atoms with Crippen molar-refractivity contribution in [2.45, 2.75) is 31.7 Å². The number of carbonyl (C=O) groups excluding carboxylic acids is 1. The van der Waals surface area contributed by atoms with Gasteiger partial charge in [-0.2, -0.15) is 0 Å². The normalized spacial score (nSPS) is 15.1. The number of nitrogens with zero attached hydrogens (tertiary/aromatic N) is 2. The molecule has 1 fully saturated rings. The number of hydrogen-bond donors (Lipinski definition) is 1. The molecule has 1 amide bonds. The second-order valence-corrected chi connectivity index (χ2v) is 5.10. The monoisotopic (exact) mass is 287 g/mol. The number of methoxy groups -OCH3 is 1. The molecule has 0 atom stereocenters. The zero-order chi connectivity index (χ0) is 14.7. The van der Waals surface area contributed by atoms with Crippen molar-refractivity contribution in [2.75, 3.05) is 7.11 Å². The summed E-state index contributed by atoms with van der Waals surface area (Å²) in [5.41, 5.74) is 0.753. The fourth-order valence-corrected chi connectivity index (χ4v) is 2.48. The van der Waals surface area contributed by atoms with Crippen molar-refractivity contribution < 1.29 is 13.9 Å². The largest absolute Gasteiger partial charge is 0.497 e. The van der Waals surface area contributed by atoms with Crippen LogP contribution in [0.2, 0.25) is 0 Å². The molecule has 2 aromatic rings. The summed E-state index contributed by atoms with van der Waals surface area (Å²) in [7, 11) is 1.60. The molecule has 6 nitrogen and oxygen atoms in total. The number of nitrogens with one attached hydrogen (secondary N) is 1. The molecule has 1 aromatic heterocycles. The third-order valence-corrected chi connectivity index (χ3v) is 3.65. The van der Waals surface area contributed by atoms with E-state index in [2.05, 4.69) is 15.5 Å². The fourth-order valence-electron chi connectivity index (χ4n) is 2.48. The third-order valence-electron chi connectivity index (χ3n) is 3.65. The molecule has 1 aliphatic rings. The van der Waals surface area contributed by atoms with Gasteiger partial charge in [-0.05, 0) is 37.1 Å². The molecule has 0 saturated heterocycles. The highest BCUT2D eigenvalue weighted by atomic mass is 16.5. The van der Waals surface area contributed by atoms with E-state index in [4.69, 9.17) is 9.15 Å². The van der Waals surface area contributed by atoms with Gasteiger partial charge in [-0.25, -0.2) is 0 Å². The average molecular weight is 287 g/mol. The molecule has 1 N–H and O–H groups in total. The Morgan fingerprint density at radius 1 is 1.24 bits per heavy atom. The fraction of sp³-hybridized carbons (Fsp3) is 0.400. The van der Waals surface area contributed by atoms with Crippen LogP contribution in [0.15, 0.2) is 28.7 Å². The van der Waals surface area contributed by atoms with E-state index in [1.54, 1.807) is 19.2 Å². The highest BCUT2D eigenvalue weighted by molar-refractivity contribution is 5.89. The highest BCUT2D eigenvalue weighted by Gasteiger charge is 2.21. The van der Waals surface area contributed by atoms with Gasteiger partial charge in [-0.1, -0.05) is 12.8 Å². The standard InChI is InChI=1S/C15H17N3O3/c1-20-12-8-6-10(7-9-12)14-17-18-15(21-14)13(19)16-11-4-2-3-5-11/h6-9,11H,2-5H2,1H3,(H,16,19). The number of rotatable bonds is 4. The molecule has 1 aromatic carbocycles. The lowest BCUT2D eigenvalue weighted by atomic mass is 10.2. The number of amides is 1. The maximum absolute atomic E-state index is 12.0. The number of ether oxygens (including phenoxy) is 1. The van der Waals surface area contributed by atoms with Crippen molar-refractivity contribution in [2.24, 2.45) is 0 Å². The molecule has 3 rings (SSSR count). The summed E-state index contributed by atoms with van der Waals surface area (Å²) >= 11 is 0. The lowest BCUT2D eigenvalue weighted by Crippen LogP contribution is -2.32. The second-order valence-electron chi connectivity index (χ2n) is 5.10. The lowest BCUT2D eigenvalue weighted by molar-refractivity contribution is 0.0903. The first kappa shape index (κ1) is 13.6. The van der Waals surface area contributed by atoms with Crippen molar-refractivity contribution in [3.05, 3.63) is 30.2 Å². The van der Waals surface area contributed by atoms with E-state index < -0.39 is 0 Å². The Balaban J connectivity index is 1.71. The molecule has 0 radical (unpaired) electrons. The van der Waals surface area contributed by atoms with Crippen LogP contribution < -0.4 is 10.1 Å². The first-order chi connectivity index (χ1) is 10.3. The smallest absolute Gasteiger partial charge is 0.309 e.